The van der Waals surface area contributed by atoms with Gasteiger partial charge in [0.1, 0.15) is 17.9 Å². The molecule has 0 fully saturated rings. The van der Waals surface area contributed by atoms with Crippen molar-refractivity contribution in [2.24, 2.45) is 0 Å². The summed E-state index contributed by atoms with van der Waals surface area (Å²) in [5.74, 6) is 1.52. The standard InChI is InChI=1S/C23H24O7/c1-3-27-19-7-4-5-8-20(19)28-12-6-9-22(24)29-15-16-13-23(25)30-21-14-17(26-2)10-11-18(16)21/h4-5,7-8,10-11,13-14H,3,6,9,12,15H2,1-2H3. The Hall–Kier alpha value is -3.48. The number of rotatable bonds is 10. The molecule has 0 aliphatic heterocycles. The lowest BCUT2D eigenvalue weighted by Gasteiger charge is -2.11. The molecule has 0 aliphatic rings. The second-order valence-electron chi connectivity index (χ2n) is 6.45. The van der Waals surface area contributed by atoms with Gasteiger partial charge in [-0.1, -0.05) is 12.1 Å². The van der Waals surface area contributed by atoms with E-state index >= 15 is 0 Å². The highest BCUT2D eigenvalue weighted by molar-refractivity contribution is 5.81. The van der Waals surface area contributed by atoms with Crippen LogP contribution in [0.1, 0.15) is 25.3 Å². The van der Waals surface area contributed by atoms with Crippen LogP contribution in [0.4, 0.5) is 0 Å². The number of methoxy groups -OCH3 is 1. The summed E-state index contributed by atoms with van der Waals surface area (Å²) in [7, 11) is 1.53. The molecule has 0 saturated carbocycles. The molecular weight excluding hydrogens is 388 g/mol. The van der Waals surface area contributed by atoms with Crippen molar-refractivity contribution in [1.29, 1.82) is 0 Å². The van der Waals surface area contributed by atoms with Crippen LogP contribution in [0, 0.1) is 0 Å². The summed E-state index contributed by atoms with van der Waals surface area (Å²) in [6.45, 7) is 2.80. The fraction of sp³-hybridized carbons (Fsp3) is 0.304. The lowest BCUT2D eigenvalue weighted by molar-refractivity contribution is -0.145. The quantitative estimate of drug-likeness (QED) is 0.282. The molecule has 1 heterocycles. The second-order valence-corrected chi connectivity index (χ2v) is 6.45. The van der Waals surface area contributed by atoms with Crippen LogP contribution in [0.2, 0.25) is 0 Å². The smallest absolute Gasteiger partial charge is 0.336 e. The Labute approximate surface area is 174 Å². The summed E-state index contributed by atoms with van der Waals surface area (Å²) in [4.78, 5) is 23.9. The number of hydrogen-bond donors (Lipinski definition) is 0. The normalized spacial score (nSPS) is 10.6. The van der Waals surface area contributed by atoms with E-state index in [-0.39, 0.29) is 19.0 Å². The van der Waals surface area contributed by atoms with Crippen molar-refractivity contribution in [3.63, 3.8) is 0 Å². The minimum Gasteiger partial charge on any atom is -0.497 e. The Kier molecular flexibility index (Phi) is 7.32. The zero-order valence-electron chi connectivity index (χ0n) is 17.0. The van der Waals surface area contributed by atoms with E-state index in [1.54, 1.807) is 18.2 Å². The number of hydrogen-bond acceptors (Lipinski definition) is 7. The molecule has 158 valence electrons. The van der Waals surface area contributed by atoms with Crippen LogP contribution in [0.3, 0.4) is 0 Å². The van der Waals surface area contributed by atoms with E-state index in [0.29, 0.717) is 53.4 Å². The van der Waals surface area contributed by atoms with Crippen LogP contribution in [0.15, 0.2) is 57.7 Å². The molecule has 3 aromatic rings. The van der Waals surface area contributed by atoms with Crippen molar-refractivity contribution in [2.45, 2.75) is 26.4 Å². The number of fused-ring (bicyclic) bond motifs is 1. The van der Waals surface area contributed by atoms with Gasteiger partial charge >= 0.3 is 11.6 Å². The van der Waals surface area contributed by atoms with E-state index in [9.17, 15) is 9.59 Å². The summed E-state index contributed by atoms with van der Waals surface area (Å²) < 4.78 is 26.9. The van der Waals surface area contributed by atoms with Crippen molar-refractivity contribution in [3.8, 4) is 17.2 Å². The summed E-state index contributed by atoms with van der Waals surface area (Å²) in [5.41, 5.74) is 0.455. The molecule has 0 aliphatic carbocycles. The highest BCUT2D eigenvalue weighted by Gasteiger charge is 2.10. The van der Waals surface area contributed by atoms with Crippen molar-refractivity contribution >= 4 is 16.9 Å². The van der Waals surface area contributed by atoms with Gasteiger partial charge in [0.05, 0.1) is 20.3 Å². The van der Waals surface area contributed by atoms with E-state index in [2.05, 4.69) is 0 Å². The zero-order valence-corrected chi connectivity index (χ0v) is 17.0. The fourth-order valence-electron chi connectivity index (χ4n) is 2.93. The van der Waals surface area contributed by atoms with Crippen LogP contribution >= 0.6 is 0 Å². The topological polar surface area (TPSA) is 84.2 Å². The van der Waals surface area contributed by atoms with Gasteiger partial charge in [-0.05, 0) is 37.6 Å². The zero-order chi connectivity index (χ0) is 21.3. The maximum atomic E-state index is 12.1. The maximum absolute atomic E-state index is 12.1. The van der Waals surface area contributed by atoms with Crippen LogP contribution < -0.4 is 19.8 Å². The Morgan fingerprint density at radius 2 is 1.80 bits per heavy atom. The highest BCUT2D eigenvalue weighted by atomic mass is 16.5. The first kappa shape index (κ1) is 21.2. The van der Waals surface area contributed by atoms with Crippen molar-refractivity contribution in [2.75, 3.05) is 20.3 Å². The minimum absolute atomic E-state index is 0.0126. The third-order valence-electron chi connectivity index (χ3n) is 4.36. The van der Waals surface area contributed by atoms with E-state index in [1.807, 2.05) is 31.2 Å². The number of para-hydroxylation sites is 2. The predicted octanol–water partition coefficient (Wildman–Crippen LogP) is 4.10. The first-order valence-corrected chi connectivity index (χ1v) is 9.71. The molecule has 0 radical (unpaired) electrons. The first-order valence-electron chi connectivity index (χ1n) is 9.71. The number of esters is 1. The number of ether oxygens (including phenoxy) is 4. The summed E-state index contributed by atoms with van der Waals surface area (Å²) in [6.07, 6.45) is 0.693. The van der Waals surface area contributed by atoms with E-state index < -0.39 is 5.63 Å². The highest BCUT2D eigenvalue weighted by Crippen LogP contribution is 2.26. The molecule has 2 aromatic carbocycles. The monoisotopic (exact) mass is 412 g/mol. The molecule has 1 aromatic heterocycles. The van der Waals surface area contributed by atoms with Gasteiger partial charge in [0.15, 0.2) is 11.5 Å². The van der Waals surface area contributed by atoms with Gasteiger partial charge in [-0.2, -0.15) is 0 Å². The van der Waals surface area contributed by atoms with Crippen molar-refractivity contribution in [1.82, 2.24) is 0 Å². The van der Waals surface area contributed by atoms with E-state index in [1.165, 1.54) is 13.2 Å². The van der Waals surface area contributed by atoms with Gasteiger partial charge in [0.25, 0.3) is 0 Å². The molecule has 0 atom stereocenters. The Balaban J connectivity index is 1.51. The average molecular weight is 412 g/mol. The van der Waals surface area contributed by atoms with Crippen molar-refractivity contribution < 1.29 is 28.2 Å². The summed E-state index contributed by atoms with van der Waals surface area (Å²) >= 11 is 0. The van der Waals surface area contributed by atoms with Gasteiger partial charge in [-0.25, -0.2) is 4.79 Å². The van der Waals surface area contributed by atoms with E-state index in [4.69, 9.17) is 23.4 Å². The minimum atomic E-state index is -0.511. The van der Waals surface area contributed by atoms with Crippen molar-refractivity contribution in [3.05, 3.63) is 64.5 Å². The maximum Gasteiger partial charge on any atom is 0.336 e. The predicted molar refractivity (Wildman–Crippen MR) is 111 cm³/mol. The molecule has 7 heteroatoms. The molecule has 0 bridgehead atoms. The van der Waals surface area contributed by atoms with Gasteiger partial charge in [0.2, 0.25) is 0 Å². The molecule has 7 nitrogen and oxygen atoms in total. The Morgan fingerprint density at radius 3 is 2.53 bits per heavy atom. The lowest BCUT2D eigenvalue weighted by Crippen LogP contribution is -2.09. The fourth-order valence-corrected chi connectivity index (χ4v) is 2.93. The number of carbonyl (C=O) groups excluding carboxylic acids is 1. The first-order chi connectivity index (χ1) is 14.6. The van der Waals surface area contributed by atoms with Gasteiger partial charge in [-0.3, -0.25) is 4.79 Å². The van der Waals surface area contributed by atoms with Crippen LogP contribution in [-0.4, -0.2) is 26.3 Å². The van der Waals surface area contributed by atoms with Crippen LogP contribution in [-0.2, 0) is 16.1 Å². The summed E-state index contributed by atoms with van der Waals surface area (Å²) in [5, 5.41) is 0.694. The van der Waals surface area contributed by atoms with Crippen LogP contribution in [0.25, 0.3) is 11.0 Å². The number of carbonyl (C=O) groups is 1. The number of benzene rings is 2. The third-order valence-corrected chi connectivity index (χ3v) is 4.36. The molecule has 0 amide bonds. The van der Waals surface area contributed by atoms with Gasteiger partial charge < -0.3 is 23.4 Å². The Morgan fingerprint density at radius 1 is 1.03 bits per heavy atom. The third kappa shape index (κ3) is 5.53. The summed E-state index contributed by atoms with van der Waals surface area (Å²) in [6, 6.07) is 13.9. The SMILES string of the molecule is CCOc1ccccc1OCCCC(=O)OCc1cc(=O)oc2cc(OC)ccc12. The molecule has 0 saturated heterocycles. The van der Waals surface area contributed by atoms with Gasteiger partial charge in [-0.15, -0.1) is 0 Å². The van der Waals surface area contributed by atoms with E-state index in [0.717, 1.165) is 0 Å². The average Bonchev–Trinajstić information content (AvgIpc) is 2.75. The molecule has 0 N–H and O–H groups in total. The molecule has 3 rings (SSSR count). The Bertz CT molecular complexity index is 1050. The van der Waals surface area contributed by atoms with Gasteiger partial charge in [0, 0.05) is 29.5 Å². The molecule has 0 unspecified atom stereocenters. The molecule has 0 spiro atoms. The molecular formula is C23H24O7. The lowest BCUT2D eigenvalue weighted by atomic mass is 10.1. The largest absolute Gasteiger partial charge is 0.497 e. The second kappa shape index (κ2) is 10.3. The van der Waals surface area contributed by atoms with Crippen LogP contribution in [0.5, 0.6) is 17.2 Å². The molecule has 30 heavy (non-hydrogen) atoms.